The lowest BCUT2D eigenvalue weighted by atomic mass is 9.95. The van der Waals surface area contributed by atoms with Crippen molar-refractivity contribution in [1.82, 2.24) is 4.57 Å². The quantitative estimate of drug-likeness (QED) is 0.278. The second-order valence-corrected chi connectivity index (χ2v) is 8.21. The largest absolute Gasteiger partial charge is 0.482 e. The number of rotatable bonds is 10. The number of esters is 1. The summed E-state index contributed by atoms with van der Waals surface area (Å²) in [7, 11) is 0. The summed E-state index contributed by atoms with van der Waals surface area (Å²) in [6.07, 6.45) is 3.53. The molecule has 0 aliphatic carbocycles. The van der Waals surface area contributed by atoms with Crippen molar-refractivity contribution in [1.29, 1.82) is 0 Å². The van der Waals surface area contributed by atoms with E-state index < -0.39 is 0 Å². The van der Waals surface area contributed by atoms with Gasteiger partial charge in [-0.25, -0.2) is 4.79 Å². The van der Waals surface area contributed by atoms with Crippen molar-refractivity contribution >= 4 is 5.97 Å². The van der Waals surface area contributed by atoms with E-state index in [2.05, 4.69) is 24.3 Å². The maximum atomic E-state index is 12.6. The molecule has 3 aromatic carbocycles. The Kier molecular flexibility index (Phi) is 8.12. The zero-order valence-electron chi connectivity index (χ0n) is 19.9. The summed E-state index contributed by atoms with van der Waals surface area (Å²) < 4.78 is 12.2. The zero-order valence-corrected chi connectivity index (χ0v) is 19.9. The highest BCUT2D eigenvalue weighted by Crippen LogP contribution is 2.31. The maximum Gasteiger partial charge on any atom is 0.344 e. The number of ether oxygens (including phenoxy) is 2. The van der Waals surface area contributed by atoms with Gasteiger partial charge in [-0.15, -0.1) is 0 Å². The minimum absolute atomic E-state index is 0.0162. The number of nitrogens with zero attached hydrogens (tertiary/aromatic N) is 1. The van der Waals surface area contributed by atoms with Crippen LogP contribution in [0.15, 0.2) is 102 Å². The third-order valence-electron chi connectivity index (χ3n) is 5.73. The number of carbonyl (C=O) groups excluding carboxylic acids is 1. The van der Waals surface area contributed by atoms with Gasteiger partial charge in [-0.3, -0.25) is 4.79 Å². The van der Waals surface area contributed by atoms with Crippen LogP contribution in [0.5, 0.6) is 5.75 Å². The van der Waals surface area contributed by atoms with Gasteiger partial charge < -0.3 is 14.0 Å². The van der Waals surface area contributed by atoms with Gasteiger partial charge in [0, 0.05) is 18.8 Å². The van der Waals surface area contributed by atoms with E-state index >= 15 is 0 Å². The van der Waals surface area contributed by atoms with E-state index in [0.29, 0.717) is 18.9 Å². The molecular formula is C30H29NO4. The number of hydrogen-bond acceptors (Lipinski definition) is 4. The molecule has 0 aliphatic heterocycles. The molecule has 0 saturated carbocycles. The smallest absolute Gasteiger partial charge is 0.344 e. The Balaban J connectivity index is 1.44. The molecule has 0 unspecified atom stereocenters. The second kappa shape index (κ2) is 11.8. The summed E-state index contributed by atoms with van der Waals surface area (Å²) in [5.41, 5.74) is 5.46. The first kappa shape index (κ1) is 24.0. The predicted molar refractivity (Wildman–Crippen MR) is 138 cm³/mol. The first-order valence-electron chi connectivity index (χ1n) is 11.9. The molecule has 0 fully saturated rings. The van der Waals surface area contributed by atoms with E-state index in [9.17, 15) is 9.59 Å². The molecule has 0 bridgehead atoms. The zero-order chi connectivity index (χ0) is 24.5. The number of pyridine rings is 1. The molecule has 0 atom stereocenters. The number of aromatic nitrogens is 1. The van der Waals surface area contributed by atoms with Crippen LogP contribution in [0.4, 0.5) is 0 Å². The average molecular weight is 468 g/mol. The lowest BCUT2D eigenvalue weighted by molar-refractivity contribution is -0.145. The maximum absolute atomic E-state index is 12.6. The van der Waals surface area contributed by atoms with Gasteiger partial charge in [-0.1, -0.05) is 66.7 Å². The van der Waals surface area contributed by atoms with Crippen molar-refractivity contribution in [3.8, 4) is 28.0 Å². The molecule has 4 aromatic rings. The molecule has 0 aliphatic rings. The molecule has 0 N–H and O–H groups in total. The lowest BCUT2D eigenvalue weighted by Gasteiger charge is -2.13. The number of hydrogen-bond donors (Lipinski definition) is 0. The Morgan fingerprint density at radius 1 is 0.829 bits per heavy atom. The molecule has 0 spiro atoms. The molecule has 4 rings (SSSR count). The fourth-order valence-corrected chi connectivity index (χ4v) is 4.06. The van der Waals surface area contributed by atoms with Gasteiger partial charge in [0.25, 0.3) is 5.56 Å². The van der Waals surface area contributed by atoms with E-state index in [0.717, 1.165) is 40.7 Å². The van der Waals surface area contributed by atoms with Gasteiger partial charge in [0.1, 0.15) is 5.75 Å². The van der Waals surface area contributed by atoms with Gasteiger partial charge in [-0.2, -0.15) is 0 Å². The average Bonchev–Trinajstić information content (AvgIpc) is 2.89. The summed E-state index contributed by atoms with van der Waals surface area (Å²) in [6, 6.07) is 29.7. The molecule has 0 radical (unpaired) electrons. The molecular weight excluding hydrogens is 438 g/mol. The monoisotopic (exact) mass is 467 g/mol. The van der Waals surface area contributed by atoms with Crippen LogP contribution in [0.1, 0.15) is 18.9 Å². The van der Waals surface area contributed by atoms with E-state index in [4.69, 9.17) is 9.47 Å². The Morgan fingerprint density at radius 2 is 1.57 bits per heavy atom. The Hall–Kier alpha value is -4.12. The summed E-state index contributed by atoms with van der Waals surface area (Å²) in [6.45, 7) is 2.60. The van der Waals surface area contributed by atoms with Crippen molar-refractivity contribution < 1.29 is 14.3 Å². The van der Waals surface area contributed by atoms with Crippen molar-refractivity contribution in [2.45, 2.75) is 26.3 Å². The normalized spacial score (nSPS) is 10.7. The van der Waals surface area contributed by atoms with Crippen LogP contribution >= 0.6 is 0 Å². The van der Waals surface area contributed by atoms with E-state index in [1.165, 1.54) is 0 Å². The summed E-state index contributed by atoms with van der Waals surface area (Å²) in [4.78, 5) is 24.1. The Morgan fingerprint density at radius 3 is 2.34 bits per heavy atom. The summed E-state index contributed by atoms with van der Waals surface area (Å²) in [5.74, 6) is 0.248. The molecule has 5 heteroatoms. The third kappa shape index (κ3) is 6.48. The second-order valence-electron chi connectivity index (χ2n) is 8.21. The first-order chi connectivity index (χ1) is 17.1. The van der Waals surface area contributed by atoms with Crippen LogP contribution in [0.3, 0.4) is 0 Å². The number of benzene rings is 3. The van der Waals surface area contributed by atoms with Crippen LogP contribution in [-0.4, -0.2) is 23.8 Å². The van der Waals surface area contributed by atoms with Crippen molar-refractivity contribution in [3.63, 3.8) is 0 Å². The SMILES string of the molecule is CCOC(=O)COc1cccc(CCCn2cc(-c3ccccc3-c3ccccc3)ccc2=O)c1. The van der Waals surface area contributed by atoms with E-state index in [1.54, 1.807) is 17.6 Å². The highest BCUT2D eigenvalue weighted by molar-refractivity contribution is 5.83. The Bertz CT molecular complexity index is 1330. The van der Waals surface area contributed by atoms with Crippen molar-refractivity contribution in [2.75, 3.05) is 13.2 Å². The molecule has 178 valence electrons. The summed E-state index contributed by atoms with van der Waals surface area (Å²) >= 11 is 0. The highest BCUT2D eigenvalue weighted by atomic mass is 16.6. The van der Waals surface area contributed by atoms with Crippen LogP contribution in [0, 0.1) is 0 Å². The molecule has 35 heavy (non-hydrogen) atoms. The van der Waals surface area contributed by atoms with Crippen molar-refractivity contribution in [3.05, 3.63) is 113 Å². The molecule has 0 amide bonds. The van der Waals surface area contributed by atoms with Crippen LogP contribution in [-0.2, 0) is 22.5 Å². The van der Waals surface area contributed by atoms with E-state index in [-0.39, 0.29) is 18.1 Å². The number of aryl methyl sites for hydroxylation is 2. The van der Waals surface area contributed by atoms with Gasteiger partial charge in [-0.05, 0) is 65.8 Å². The van der Waals surface area contributed by atoms with Crippen molar-refractivity contribution in [2.24, 2.45) is 0 Å². The van der Waals surface area contributed by atoms with Crippen LogP contribution < -0.4 is 10.3 Å². The molecule has 0 saturated heterocycles. The summed E-state index contributed by atoms with van der Waals surface area (Å²) in [5, 5.41) is 0. The Labute approximate surface area is 205 Å². The fourth-order valence-electron chi connectivity index (χ4n) is 4.06. The third-order valence-corrected chi connectivity index (χ3v) is 5.73. The lowest BCUT2D eigenvalue weighted by Crippen LogP contribution is -2.19. The minimum Gasteiger partial charge on any atom is -0.482 e. The molecule has 1 heterocycles. The van der Waals surface area contributed by atoms with Gasteiger partial charge in [0.15, 0.2) is 6.61 Å². The van der Waals surface area contributed by atoms with Gasteiger partial charge in [0.05, 0.1) is 6.61 Å². The number of carbonyl (C=O) groups is 1. The topological polar surface area (TPSA) is 57.5 Å². The predicted octanol–water partition coefficient (Wildman–Crippen LogP) is 5.76. The standard InChI is InChI=1S/C30H29NO4/c1-2-34-30(33)22-35-26-14-8-10-23(20-26)11-9-19-31-21-25(17-18-29(31)32)28-16-7-6-15-27(28)24-12-4-3-5-13-24/h3-8,10,12-18,20-21H,2,9,11,19,22H2,1H3. The fraction of sp³-hybridized carbons (Fsp3) is 0.200. The molecule has 1 aromatic heterocycles. The van der Waals surface area contributed by atoms with Gasteiger partial charge >= 0.3 is 5.97 Å². The molecule has 5 nitrogen and oxygen atoms in total. The van der Waals surface area contributed by atoms with Gasteiger partial charge in [0.2, 0.25) is 0 Å². The first-order valence-corrected chi connectivity index (χ1v) is 11.9. The van der Waals surface area contributed by atoms with E-state index in [1.807, 2.05) is 66.9 Å². The minimum atomic E-state index is -0.383. The van der Waals surface area contributed by atoms with Crippen LogP contribution in [0.2, 0.25) is 0 Å². The van der Waals surface area contributed by atoms with Crippen LogP contribution in [0.25, 0.3) is 22.3 Å². The highest BCUT2D eigenvalue weighted by Gasteiger charge is 2.09.